The van der Waals surface area contributed by atoms with Crippen LogP contribution in [0.5, 0.6) is 5.75 Å². The Bertz CT molecular complexity index is 449. The van der Waals surface area contributed by atoms with Gasteiger partial charge in [0.2, 0.25) is 0 Å². The molecule has 21 heavy (non-hydrogen) atoms. The number of ether oxygens (including phenoxy) is 1. The molecular weight excluding hydrogens is 260 g/mol. The summed E-state index contributed by atoms with van der Waals surface area (Å²) in [5.41, 5.74) is 7.75. The summed E-state index contributed by atoms with van der Waals surface area (Å²) < 4.78 is 5.59. The Hall–Kier alpha value is -1.06. The third kappa shape index (κ3) is 3.41. The van der Waals surface area contributed by atoms with E-state index >= 15 is 0 Å². The van der Waals surface area contributed by atoms with Crippen LogP contribution in [0.2, 0.25) is 0 Å². The smallest absolute Gasteiger partial charge is 0.123 e. The number of nitrogens with zero attached hydrogens (tertiary/aromatic N) is 1. The minimum atomic E-state index is 0.133. The van der Waals surface area contributed by atoms with Crippen molar-refractivity contribution in [1.29, 1.82) is 0 Å². The number of methoxy groups -OCH3 is 1. The molecule has 2 N–H and O–H groups in total. The van der Waals surface area contributed by atoms with E-state index in [1.54, 1.807) is 7.11 Å². The topological polar surface area (TPSA) is 38.5 Å². The zero-order valence-corrected chi connectivity index (χ0v) is 13.9. The maximum absolute atomic E-state index is 6.51. The Morgan fingerprint density at radius 1 is 1.33 bits per heavy atom. The molecule has 3 heteroatoms. The molecule has 0 aliphatic carbocycles. The van der Waals surface area contributed by atoms with Crippen LogP contribution >= 0.6 is 0 Å². The highest BCUT2D eigenvalue weighted by molar-refractivity contribution is 5.37. The van der Waals surface area contributed by atoms with Gasteiger partial charge in [-0.25, -0.2) is 0 Å². The van der Waals surface area contributed by atoms with Crippen molar-refractivity contribution < 1.29 is 4.74 Å². The minimum absolute atomic E-state index is 0.133. The SMILES string of the molecule is CCC(N)C(c1ccccc1OC)N1CCCC(C)C1C. The van der Waals surface area contributed by atoms with Crippen LogP contribution in [-0.4, -0.2) is 30.6 Å². The van der Waals surface area contributed by atoms with E-state index in [4.69, 9.17) is 10.5 Å². The van der Waals surface area contributed by atoms with Crippen LogP contribution < -0.4 is 10.5 Å². The first kappa shape index (κ1) is 16.3. The fourth-order valence-corrected chi connectivity index (χ4v) is 3.55. The highest BCUT2D eigenvalue weighted by Crippen LogP contribution is 2.37. The van der Waals surface area contributed by atoms with Gasteiger partial charge in [-0.3, -0.25) is 4.90 Å². The molecule has 1 aromatic rings. The van der Waals surface area contributed by atoms with E-state index < -0.39 is 0 Å². The summed E-state index contributed by atoms with van der Waals surface area (Å²) in [4.78, 5) is 2.60. The summed E-state index contributed by atoms with van der Waals surface area (Å²) in [7, 11) is 1.75. The number of hydrogen-bond acceptors (Lipinski definition) is 3. The van der Waals surface area contributed by atoms with E-state index in [0.29, 0.717) is 6.04 Å². The summed E-state index contributed by atoms with van der Waals surface area (Å²) in [5, 5.41) is 0. The molecule has 1 aromatic carbocycles. The summed E-state index contributed by atoms with van der Waals surface area (Å²) >= 11 is 0. The molecule has 0 bridgehead atoms. The van der Waals surface area contributed by atoms with Crippen LogP contribution in [0.25, 0.3) is 0 Å². The summed E-state index contributed by atoms with van der Waals surface area (Å²) in [6.45, 7) is 8.00. The van der Waals surface area contributed by atoms with Crippen LogP contribution in [-0.2, 0) is 0 Å². The molecule has 0 aromatic heterocycles. The van der Waals surface area contributed by atoms with Crippen molar-refractivity contribution >= 4 is 0 Å². The third-order valence-corrected chi connectivity index (χ3v) is 5.11. The maximum Gasteiger partial charge on any atom is 0.123 e. The Morgan fingerprint density at radius 3 is 2.71 bits per heavy atom. The van der Waals surface area contributed by atoms with E-state index in [1.165, 1.54) is 18.4 Å². The second kappa shape index (κ2) is 7.28. The highest BCUT2D eigenvalue weighted by Gasteiger charge is 2.35. The molecule has 118 valence electrons. The Kier molecular flexibility index (Phi) is 5.65. The van der Waals surface area contributed by atoms with Gasteiger partial charge >= 0.3 is 0 Å². The van der Waals surface area contributed by atoms with Crippen molar-refractivity contribution in [2.45, 2.75) is 58.2 Å². The van der Waals surface area contributed by atoms with Gasteiger partial charge in [0, 0.05) is 17.6 Å². The molecule has 0 saturated carbocycles. The first-order valence-corrected chi connectivity index (χ1v) is 8.24. The number of benzene rings is 1. The molecule has 4 unspecified atom stereocenters. The lowest BCUT2D eigenvalue weighted by molar-refractivity contribution is 0.0535. The molecule has 0 amide bonds. The van der Waals surface area contributed by atoms with Crippen LogP contribution in [0.15, 0.2) is 24.3 Å². The largest absolute Gasteiger partial charge is 0.496 e. The first-order chi connectivity index (χ1) is 10.1. The predicted octanol–water partition coefficient (Wildman–Crippen LogP) is 3.59. The average molecular weight is 290 g/mol. The van der Waals surface area contributed by atoms with E-state index in [0.717, 1.165) is 24.6 Å². The lowest BCUT2D eigenvalue weighted by Gasteiger charge is -2.45. The van der Waals surface area contributed by atoms with E-state index in [9.17, 15) is 0 Å². The summed E-state index contributed by atoms with van der Waals surface area (Å²) in [5.74, 6) is 1.68. The predicted molar refractivity (Wildman–Crippen MR) is 88.6 cm³/mol. The number of piperidine rings is 1. The Balaban J connectivity index is 2.38. The number of likely N-dealkylation sites (tertiary alicyclic amines) is 1. The lowest BCUT2D eigenvalue weighted by atomic mass is 9.86. The van der Waals surface area contributed by atoms with Crippen molar-refractivity contribution in [3.63, 3.8) is 0 Å². The Morgan fingerprint density at radius 2 is 2.05 bits per heavy atom. The Labute approximate surface area is 129 Å². The van der Waals surface area contributed by atoms with Gasteiger partial charge in [0.05, 0.1) is 13.2 Å². The van der Waals surface area contributed by atoms with E-state index in [1.807, 2.05) is 12.1 Å². The molecule has 2 rings (SSSR count). The van der Waals surface area contributed by atoms with E-state index in [2.05, 4.69) is 37.8 Å². The monoisotopic (exact) mass is 290 g/mol. The fourth-order valence-electron chi connectivity index (χ4n) is 3.55. The molecule has 0 spiro atoms. The fraction of sp³-hybridized carbons (Fsp3) is 0.667. The standard InChI is InChI=1S/C18H30N2O/c1-5-16(19)18(15-10-6-7-11-17(15)21-4)20-12-8-9-13(2)14(20)3/h6-7,10-11,13-14,16,18H,5,8-9,12,19H2,1-4H3. The highest BCUT2D eigenvalue weighted by atomic mass is 16.5. The third-order valence-electron chi connectivity index (χ3n) is 5.11. The van der Waals surface area contributed by atoms with Gasteiger partial charge in [0.25, 0.3) is 0 Å². The maximum atomic E-state index is 6.51. The molecule has 1 aliphatic rings. The van der Waals surface area contributed by atoms with Crippen molar-refractivity contribution in [3.05, 3.63) is 29.8 Å². The zero-order chi connectivity index (χ0) is 15.4. The minimum Gasteiger partial charge on any atom is -0.496 e. The number of hydrogen-bond donors (Lipinski definition) is 1. The van der Waals surface area contributed by atoms with Gasteiger partial charge in [-0.1, -0.05) is 32.0 Å². The quantitative estimate of drug-likeness (QED) is 0.900. The van der Waals surface area contributed by atoms with Gasteiger partial charge in [0.15, 0.2) is 0 Å². The van der Waals surface area contributed by atoms with Gasteiger partial charge in [-0.05, 0) is 44.7 Å². The van der Waals surface area contributed by atoms with Crippen molar-refractivity contribution in [3.8, 4) is 5.75 Å². The van der Waals surface area contributed by atoms with Gasteiger partial charge in [-0.2, -0.15) is 0 Å². The molecular formula is C18H30N2O. The molecule has 1 saturated heterocycles. The number of rotatable bonds is 5. The molecule has 1 fully saturated rings. The van der Waals surface area contributed by atoms with Crippen LogP contribution in [0, 0.1) is 5.92 Å². The zero-order valence-electron chi connectivity index (χ0n) is 13.9. The second-order valence-electron chi connectivity index (χ2n) is 6.36. The second-order valence-corrected chi connectivity index (χ2v) is 6.36. The summed E-state index contributed by atoms with van der Waals surface area (Å²) in [6.07, 6.45) is 3.55. The van der Waals surface area contributed by atoms with Crippen molar-refractivity contribution in [2.75, 3.05) is 13.7 Å². The van der Waals surface area contributed by atoms with E-state index in [-0.39, 0.29) is 12.1 Å². The van der Waals surface area contributed by atoms with Gasteiger partial charge < -0.3 is 10.5 Å². The average Bonchev–Trinajstić information content (AvgIpc) is 2.52. The number of para-hydroxylation sites is 1. The van der Waals surface area contributed by atoms with Crippen molar-refractivity contribution in [2.24, 2.45) is 11.7 Å². The number of nitrogens with two attached hydrogens (primary N) is 1. The van der Waals surface area contributed by atoms with Crippen LogP contribution in [0.3, 0.4) is 0 Å². The van der Waals surface area contributed by atoms with Gasteiger partial charge in [0.1, 0.15) is 5.75 Å². The first-order valence-electron chi connectivity index (χ1n) is 8.24. The molecule has 1 aliphatic heterocycles. The normalized spacial score (nSPS) is 26.3. The van der Waals surface area contributed by atoms with Crippen molar-refractivity contribution in [1.82, 2.24) is 4.90 Å². The van der Waals surface area contributed by atoms with Gasteiger partial charge in [-0.15, -0.1) is 0 Å². The molecule has 0 radical (unpaired) electrons. The molecule has 3 nitrogen and oxygen atoms in total. The molecule has 1 heterocycles. The lowest BCUT2D eigenvalue weighted by Crippen LogP contribution is -2.50. The van der Waals surface area contributed by atoms with Crippen LogP contribution in [0.1, 0.15) is 51.6 Å². The molecule has 4 atom stereocenters. The summed E-state index contributed by atoms with van der Waals surface area (Å²) in [6, 6.07) is 9.27. The van der Waals surface area contributed by atoms with Crippen LogP contribution in [0.4, 0.5) is 0 Å².